The molecular formula is C23H28N4O3S. The first kappa shape index (κ1) is 21.5. The van der Waals surface area contributed by atoms with Gasteiger partial charge in [0.15, 0.2) is 0 Å². The molecule has 2 N–H and O–H groups in total. The van der Waals surface area contributed by atoms with Crippen LogP contribution in [0.25, 0.3) is 10.6 Å². The highest BCUT2D eigenvalue weighted by atomic mass is 32.1. The molecule has 2 heterocycles. The number of imide groups is 1. The Morgan fingerprint density at radius 1 is 1.16 bits per heavy atom. The van der Waals surface area contributed by atoms with Gasteiger partial charge in [0.25, 0.3) is 5.91 Å². The number of hydrogen-bond acceptors (Lipinski definition) is 5. The van der Waals surface area contributed by atoms with Gasteiger partial charge < -0.3 is 10.6 Å². The summed E-state index contributed by atoms with van der Waals surface area (Å²) in [5, 5.41) is 6.70. The molecule has 0 unspecified atom stereocenters. The van der Waals surface area contributed by atoms with Gasteiger partial charge in [0.2, 0.25) is 5.91 Å². The third-order valence-corrected chi connectivity index (χ3v) is 7.69. The summed E-state index contributed by atoms with van der Waals surface area (Å²) in [5.74, 6) is -0.628. The van der Waals surface area contributed by atoms with Crippen molar-refractivity contribution in [2.75, 3.05) is 0 Å². The van der Waals surface area contributed by atoms with Gasteiger partial charge in [0, 0.05) is 5.56 Å². The smallest absolute Gasteiger partial charge is 0.325 e. The summed E-state index contributed by atoms with van der Waals surface area (Å²) < 4.78 is 0. The van der Waals surface area contributed by atoms with Crippen LogP contribution < -0.4 is 10.6 Å². The van der Waals surface area contributed by atoms with Gasteiger partial charge in [-0.2, -0.15) is 0 Å². The van der Waals surface area contributed by atoms with Crippen molar-refractivity contribution in [2.24, 2.45) is 0 Å². The molecule has 2 fully saturated rings. The fraction of sp³-hybridized carbons (Fsp3) is 0.478. The molecule has 4 rings (SSSR count). The second-order valence-corrected chi connectivity index (χ2v) is 9.67. The van der Waals surface area contributed by atoms with Crippen molar-refractivity contribution in [1.29, 1.82) is 0 Å². The first-order valence-corrected chi connectivity index (χ1v) is 11.5. The van der Waals surface area contributed by atoms with E-state index >= 15 is 0 Å². The van der Waals surface area contributed by atoms with Crippen molar-refractivity contribution in [3.63, 3.8) is 0 Å². The van der Waals surface area contributed by atoms with E-state index in [4.69, 9.17) is 0 Å². The molecule has 0 radical (unpaired) electrons. The summed E-state index contributed by atoms with van der Waals surface area (Å²) in [6, 6.07) is 6.55. The molecule has 2 aliphatic rings. The maximum Gasteiger partial charge on any atom is 0.325 e. The van der Waals surface area contributed by atoms with Crippen LogP contribution in [0.3, 0.4) is 0 Å². The summed E-state index contributed by atoms with van der Waals surface area (Å²) in [5.41, 5.74) is 2.28. The van der Waals surface area contributed by atoms with Crippen molar-refractivity contribution >= 4 is 29.2 Å². The summed E-state index contributed by atoms with van der Waals surface area (Å²) in [7, 11) is 0. The van der Waals surface area contributed by atoms with Crippen LogP contribution in [0, 0.1) is 13.8 Å². The van der Waals surface area contributed by atoms with Crippen molar-refractivity contribution < 1.29 is 14.4 Å². The van der Waals surface area contributed by atoms with E-state index in [0.717, 1.165) is 38.9 Å². The first-order chi connectivity index (χ1) is 14.7. The van der Waals surface area contributed by atoms with Gasteiger partial charge in [-0.1, -0.05) is 42.7 Å². The number of aromatic nitrogens is 1. The second kappa shape index (κ2) is 8.07. The first-order valence-electron chi connectivity index (χ1n) is 10.7. The van der Waals surface area contributed by atoms with Crippen LogP contribution >= 0.6 is 11.3 Å². The molecule has 1 aromatic carbocycles. The number of amides is 4. The van der Waals surface area contributed by atoms with Crippen LogP contribution in [0.4, 0.5) is 4.79 Å². The number of benzene rings is 1. The molecular weight excluding hydrogens is 412 g/mol. The van der Waals surface area contributed by atoms with Gasteiger partial charge in [0.1, 0.15) is 16.6 Å². The standard InChI is InChI=1S/C23H28N4O3S/c1-13-7-9-17(10-8-13)20-25-15(3)18(31-20)14(2)24-19(28)16(4)27-21(29)23(26-22(27)30)11-5-6-12-23/h7-10,14,16H,5-6,11-12H2,1-4H3,(H,24,28)(H,26,30)/t14-,16+/m0/s1. The fourth-order valence-electron chi connectivity index (χ4n) is 4.46. The SMILES string of the molecule is Cc1ccc(-c2nc(C)c([C@H](C)NC(=O)[C@@H](C)N3C(=O)NC4(CCCC4)C3=O)s2)cc1. The second-order valence-electron chi connectivity index (χ2n) is 8.64. The van der Waals surface area contributed by atoms with Gasteiger partial charge in [-0.25, -0.2) is 14.7 Å². The number of hydrogen-bond donors (Lipinski definition) is 2. The lowest BCUT2D eigenvalue weighted by molar-refractivity contribution is -0.138. The zero-order chi connectivity index (χ0) is 22.3. The molecule has 31 heavy (non-hydrogen) atoms. The van der Waals surface area contributed by atoms with Crippen LogP contribution in [-0.4, -0.2) is 39.3 Å². The number of carbonyl (C=O) groups is 3. The van der Waals surface area contributed by atoms with Gasteiger partial charge in [-0.3, -0.25) is 9.59 Å². The Balaban J connectivity index is 1.47. The maximum absolute atomic E-state index is 12.9. The Kier molecular flexibility index (Phi) is 5.60. The number of urea groups is 1. The van der Waals surface area contributed by atoms with Crippen LogP contribution in [0.1, 0.15) is 61.7 Å². The normalized spacial score (nSPS) is 19.5. The number of aryl methyl sites for hydroxylation is 2. The van der Waals surface area contributed by atoms with Crippen LogP contribution in [0.5, 0.6) is 0 Å². The monoisotopic (exact) mass is 440 g/mol. The van der Waals surface area contributed by atoms with E-state index in [0.29, 0.717) is 12.8 Å². The molecule has 1 spiro atoms. The average Bonchev–Trinajstić information content (AvgIpc) is 3.41. The zero-order valence-corrected chi connectivity index (χ0v) is 19.1. The van der Waals surface area contributed by atoms with Gasteiger partial charge in [-0.15, -0.1) is 11.3 Å². The van der Waals surface area contributed by atoms with Crippen LogP contribution in [-0.2, 0) is 9.59 Å². The van der Waals surface area contributed by atoms with Crippen molar-refractivity contribution in [2.45, 2.75) is 71.0 Å². The van der Waals surface area contributed by atoms with Gasteiger partial charge >= 0.3 is 6.03 Å². The molecule has 1 aromatic heterocycles. The van der Waals surface area contributed by atoms with E-state index in [1.54, 1.807) is 18.3 Å². The number of thiazole rings is 1. The van der Waals surface area contributed by atoms with E-state index in [2.05, 4.69) is 15.6 Å². The Bertz CT molecular complexity index is 1020. The molecule has 8 heteroatoms. The molecule has 1 aliphatic heterocycles. The van der Waals surface area contributed by atoms with E-state index in [1.165, 1.54) is 5.56 Å². The third-order valence-electron chi connectivity index (χ3n) is 6.30. The lowest BCUT2D eigenvalue weighted by Gasteiger charge is -2.24. The number of rotatable bonds is 5. The van der Waals surface area contributed by atoms with E-state index in [-0.39, 0.29) is 17.9 Å². The fourth-order valence-corrected chi connectivity index (χ4v) is 5.53. The topological polar surface area (TPSA) is 91.4 Å². The molecule has 1 saturated heterocycles. The van der Waals surface area contributed by atoms with Gasteiger partial charge in [0.05, 0.1) is 16.6 Å². The lowest BCUT2D eigenvalue weighted by Crippen LogP contribution is -2.50. The quantitative estimate of drug-likeness (QED) is 0.691. The molecule has 0 bridgehead atoms. The molecule has 4 amide bonds. The summed E-state index contributed by atoms with van der Waals surface area (Å²) in [6.07, 6.45) is 3.10. The van der Waals surface area contributed by atoms with E-state index in [1.807, 2.05) is 45.0 Å². The van der Waals surface area contributed by atoms with Crippen molar-refractivity contribution in [3.05, 3.63) is 40.4 Å². The minimum absolute atomic E-state index is 0.277. The number of carbonyl (C=O) groups excluding carboxylic acids is 3. The Labute approximate surface area is 186 Å². The number of nitrogens with zero attached hydrogens (tertiary/aromatic N) is 2. The highest BCUT2D eigenvalue weighted by Gasteiger charge is 2.54. The maximum atomic E-state index is 12.9. The predicted octanol–water partition coefficient (Wildman–Crippen LogP) is 3.86. The molecule has 2 aromatic rings. The average molecular weight is 441 g/mol. The van der Waals surface area contributed by atoms with Crippen molar-refractivity contribution in [1.82, 2.24) is 20.5 Å². The van der Waals surface area contributed by atoms with E-state index < -0.39 is 17.6 Å². The third kappa shape index (κ3) is 3.84. The molecule has 164 valence electrons. The zero-order valence-electron chi connectivity index (χ0n) is 18.3. The Morgan fingerprint density at radius 3 is 2.45 bits per heavy atom. The highest BCUT2D eigenvalue weighted by Crippen LogP contribution is 2.36. The Hall–Kier alpha value is -2.74. The highest BCUT2D eigenvalue weighted by molar-refractivity contribution is 7.15. The molecule has 1 aliphatic carbocycles. The minimum Gasteiger partial charge on any atom is -0.347 e. The molecule has 2 atom stereocenters. The lowest BCUT2D eigenvalue weighted by atomic mass is 9.97. The predicted molar refractivity (Wildman–Crippen MR) is 120 cm³/mol. The van der Waals surface area contributed by atoms with E-state index in [9.17, 15) is 14.4 Å². The van der Waals surface area contributed by atoms with Gasteiger partial charge in [-0.05, 0) is 40.5 Å². The summed E-state index contributed by atoms with van der Waals surface area (Å²) in [4.78, 5) is 45.1. The minimum atomic E-state index is -0.875. The summed E-state index contributed by atoms with van der Waals surface area (Å²) in [6.45, 7) is 7.47. The summed E-state index contributed by atoms with van der Waals surface area (Å²) >= 11 is 1.54. The molecule has 1 saturated carbocycles. The molecule has 7 nitrogen and oxygen atoms in total. The van der Waals surface area contributed by atoms with Crippen LogP contribution in [0.15, 0.2) is 24.3 Å². The largest absolute Gasteiger partial charge is 0.347 e. The Morgan fingerprint density at radius 2 is 1.81 bits per heavy atom. The van der Waals surface area contributed by atoms with Crippen LogP contribution in [0.2, 0.25) is 0 Å². The van der Waals surface area contributed by atoms with Crippen molar-refractivity contribution in [3.8, 4) is 10.6 Å². The number of nitrogens with one attached hydrogen (secondary N) is 2.